The van der Waals surface area contributed by atoms with Crippen molar-refractivity contribution in [1.29, 1.82) is 0 Å². The molecule has 0 aromatic heterocycles. The van der Waals surface area contributed by atoms with Gasteiger partial charge >= 0.3 is 12.2 Å². The number of hydrogen-bond acceptors (Lipinski definition) is 4. The maximum Gasteiger partial charge on any atom is 0.407 e. The highest BCUT2D eigenvalue weighted by atomic mass is 16.6. The molecule has 1 aromatic rings. The minimum atomic E-state index is -0.392. The summed E-state index contributed by atoms with van der Waals surface area (Å²) in [6.45, 7) is 6.64. The maximum atomic E-state index is 11.8. The van der Waals surface area contributed by atoms with Crippen molar-refractivity contribution in [3.63, 3.8) is 0 Å². The average molecular weight is 362 g/mol. The summed E-state index contributed by atoms with van der Waals surface area (Å²) in [5.74, 6) is 0.393. The molecule has 0 heterocycles. The molecule has 1 saturated carbocycles. The molecular formula is C20H30N2O4. The Morgan fingerprint density at radius 2 is 1.69 bits per heavy atom. The van der Waals surface area contributed by atoms with E-state index in [1.165, 1.54) is 0 Å². The Morgan fingerprint density at radius 3 is 2.31 bits per heavy atom. The summed E-state index contributed by atoms with van der Waals surface area (Å²) in [5.41, 5.74) is 0.673. The second kappa shape index (κ2) is 9.46. The van der Waals surface area contributed by atoms with Crippen molar-refractivity contribution in [3.05, 3.63) is 35.9 Å². The lowest BCUT2D eigenvalue weighted by atomic mass is 9.87. The van der Waals surface area contributed by atoms with Gasteiger partial charge in [-0.1, -0.05) is 30.3 Å². The molecule has 2 amide bonds. The summed E-state index contributed by atoms with van der Waals surface area (Å²) in [6.07, 6.45) is 2.70. The smallest absolute Gasteiger partial charge is 0.407 e. The molecule has 2 N–H and O–H groups in total. The van der Waals surface area contributed by atoms with Gasteiger partial charge in [0.05, 0.1) is 0 Å². The fraction of sp³-hybridized carbons (Fsp3) is 0.600. The molecule has 2 rings (SSSR count). The van der Waals surface area contributed by atoms with Crippen LogP contribution in [0.3, 0.4) is 0 Å². The Hall–Kier alpha value is -2.24. The summed E-state index contributed by atoms with van der Waals surface area (Å²) < 4.78 is 10.7. The Balaban J connectivity index is 1.60. The second-order valence-electron chi connectivity index (χ2n) is 7.87. The lowest BCUT2D eigenvalue weighted by Gasteiger charge is -2.29. The van der Waals surface area contributed by atoms with Crippen molar-refractivity contribution in [2.45, 2.75) is 64.7 Å². The molecule has 0 aliphatic heterocycles. The number of nitrogens with one attached hydrogen (secondary N) is 2. The number of alkyl carbamates (subject to hydrolysis) is 2. The van der Waals surface area contributed by atoms with Crippen LogP contribution < -0.4 is 10.6 Å². The predicted molar refractivity (Wildman–Crippen MR) is 99.7 cm³/mol. The lowest BCUT2D eigenvalue weighted by molar-refractivity contribution is 0.0595. The molecule has 0 radical (unpaired) electrons. The summed E-state index contributed by atoms with van der Waals surface area (Å²) in [5, 5.41) is 5.64. The van der Waals surface area contributed by atoms with Crippen LogP contribution in [-0.4, -0.2) is 30.4 Å². The molecule has 0 unspecified atom stereocenters. The number of carbonyl (C=O) groups is 2. The van der Waals surface area contributed by atoms with Crippen LogP contribution in [-0.2, 0) is 16.1 Å². The predicted octanol–water partition coefficient (Wildman–Crippen LogP) is 4.00. The zero-order valence-corrected chi connectivity index (χ0v) is 15.9. The highest BCUT2D eigenvalue weighted by molar-refractivity contribution is 5.68. The molecule has 0 bridgehead atoms. The van der Waals surface area contributed by atoms with Gasteiger partial charge in [0.2, 0.25) is 0 Å². The van der Waals surface area contributed by atoms with Crippen molar-refractivity contribution in [2.75, 3.05) is 6.54 Å². The summed E-state index contributed by atoms with van der Waals surface area (Å²) in [7, 11) is 0. The van der Waals surface area contributed by atoms with Gasteiger partial charge < -0.3 is 20.1 Å². The quantitative estimate of drug-likeness (QED) is 0.830. The van der Waals surface area contributed by atoms with E-state index in [0.717, 1.165) is 31.2 Å². The molecule has 1 aromatic carbocycles. The molecule has 0 saturated heterocycles. The van der Waals surface area contributed by atoms with Gasteiger partial charge in [0.15, 0.2) is 0 Å². The van der Waals surface area contributed by atoms with E-state index in [4.69, 9.17) is 9.47 Å². The van der Waals surface area contributed by atoms with Gasteiger partial charge in [-0.05, 0) is 57.9 Å². The third kappa shape index (κ3) is 7.76. The van der Waals surface area contributed by atoms with Crippen LogP contribution in [0.15, 0.2) is 30.3 Å². The van der Waals surface area contributed by atoms with Gasteiger partial charge in [0.25, 0.3) is 0 Å². The minimum absolute atomic E-state index is 0.0429. The lowest BCUT2D eigenvalue weighted by Crippen LogP contribution is -2.43. The first-order valence-electron chi connectivity index (χ1n) is 9.25. The van der Waals surface area contributed by atoms with Crippen LogP contribution in [0.5, 0.6) is 0 Å². The van der Waals surface area contributed by atoms with Crippen LogP contribution in [0.2, 0.25) is 0 Å². The van der Waals surface area contributed by atoms with E-state index >= 15 is 0 Å². The van der Waals surface area contributed by atoms with Crippen LogP contribution in [0.1, 0.15) is 52.0 Å². The number of carbonyl (C=O) groups excluding carboxylic acids is 2. The van der Waals surface area contributed by atoms with Crippen LogP contribution in [0, 0.1) is 5.92 Å². The minimum Gasteiger partial charge on any atom is -0.446 e. The van der Waals surface area contributed by atoms with Gasteiger partial charge in [-0.15, -0.1) is 0 Å². The zero-order chi connectivity index (χ0) is 19.0. The Kier molecular flexibility index (Phi) is 7.30. The summed E-state index contributed by atoms with van der Waals surface area (Å²) >= 11 is 0. The number of rotatable bonds is 5. The first-order valence-corrected chi connectivity index (χ1v) is 9.25. The molecular weight excluding hydrogens is 332 g/mol. The van der Waals surface area contributed by atoms with Crippen molar-refractivity contribution in [2.24, 2.45) is 5.92 Å². The number of amides is 2. The Morgan fingerprint density at radius 1 is 1.04 bits per heavy atom. The monoisotopic (exact) mass is 362 g/mol. The molecule has 6 heteroatoms. The van der Waals surface area contributed by atoms with Crippen LogP contribution >= 0.6 is 0 Å². The Labute approximate surface area is 155 Å². The third-order valence-corrected chi connectivity index (χ3v) is 4.29. The molecule has 144 valence electrons. The summed E-state index contributed by atoms with van der Waals surface area (Å²) in [6, 6.07) is 9.60. The van der Waals surface area contributed by atoms with E-state index in [1.54, 1.807) is 0 Å². The van der Waals surface area contributed by atoms with E-state index in [0.29, 0.717) is 12.5 Å². The van der Waals surface area contributed by atoms with Crippen molar-refractivity contribution in [3.8, 4) is 0 Å². The highest BCUT2D eigenvalue weighted by Crippen LogP contribution is 2.26. The zero-order valence-electron chi connectivity index (χ0n) is 15.9. The van der Waals surface area contributed by atoms with Gasteiger partial charge in [-0.2, -0.15) is 0 Å². The van der Waals surface area contributed by atoms with E-state index in [-0.39, 0.29) is 24.3 Å². The van der Waals surface area contributed by atoms with Crippen LogP contribution in [0.4, 0.5) is 9.59 Å². The molecule has 26 heavy (non-hydrogen) atoms. The topological polar surface area (TPSA) is 76.7 Å². The largest absolute Gasteiger partial charge is 0.446 e. The van der Waals surface area contributed by atoms with E-state index < -0.39 is 6.09 Å². The maximum absolute atomic E-state index is 11.8. The number of hydrogen-bond donors (Lipinski definition) is 2. The first kappa shape index (κ1) is 20.1. The number of benzene rings is 1. The van der Waals surface area contributed by atoms with E-state index in [2.05, 4.69) is 10.6 Å². The molecule has 6 nitrogen and oxygen atoms in total. The number of ether oxygens (including phenoxy) is 2. The highest BCUT2D eigenvalue weighted by Gasteiger charge is 2.25. The van der Waals surface area contributed by atoms with E-state index in [9.17, 15) is 9.59 Å². The normalized spacial score (nSPS) is 20.1. The average Bonchev–Trinajstić information content (AvgIpc) is 2.58. The fourth-order valence-corrected chi connectivity index (χ4v) is 2.94. The van der Waals surface area contributed by atoms with Gasteiger partial charge in [-0.3, -0.25) is 0 Å². The molecule has 0 spiro atoms. The molecule has 1 aliphatic carbocycles. The first-order chi connectivity index (χ1) is 12.3. The van der Waals surface area contributed by atoms with Gasteiger partial charge in [-0.25, -0.2) is 9.59 Å². The SMILES string of the molecule is CC(C)(C)NC(=O)OC1CCC(CNC(=O)OCc2ccccc2)CC1. The van der Waals surface area contributed by atoms with Crippen LogP contribution in [0.25, 0.3) is 0 Å². The fourth-order valence-electron chi connectivity index (χ4n) is 2.94. The van der Waals surface area contributed by atoms with Gasteiger partial charge in [0.1, 0.15) is 12.7 Å². The van der Waals surface area contributed by atoms with E-state index in [1.807, 2.05) is 51.1 Å². The van der Waals surface area contributed by atoms with Crippen molar-refractivity contribution >= 4 is 12.2 Å². The Bertz CT molecular complexity index is 575. The second-order valence-corrected chi connectivity index (χ2v) is 7.87. The molecule has 0 atom stereocenters. The van der Waals surface area contributed by atoms with Crippen molar-refractivity contribution in [1.82, 2.24) is 10.6 Å². The standard InChI is InChI=1S/C20H30N2O4/c1-20(2,3)22-19(24)26-17-11-9-15(10-12-17)13-21-18(23)25-14-16-7-5-4-6-8-16/h4-8,15,17H,9-14H2,1-3H3,(H,21,23)(H,22,24). The summed E-state index contributed by atoms with van der Waals surface area (Å²) in [4.78, 5) is 23.6. The third-order valence-electron chi connectivity index (χ3n) is 4.29. The molecule has 1 fully saturated rings. The van der Waals surface area contributed by atoms with Crippen molar-refractivity contribution < 1.29 is 19.1 Å². The molecule has 1 aliphatic rings. The van der Waals surface area contributed by atoms with Gasteiger partial charge in [0, 0.05) is 12.1 Å².